The molecule has 2 aromatic rings. The quantitative estimate of drug-likeness (QED) is 0.901. The van der Waals surface area contributed by atoms with Crippen molar-refractivity contribution in [1.29, 1.82) is 0 Å². The minimum atomic E-state index is -0.531. The van der Waals surface area contributed by atoms with Crippen molar-refractivity contribution in [2.45, 2.75) is 52.7 Å². The van der Waals surface area contributed by atoms with Crippen LogP contribution in [0.3, 0.4) is 0 Å². The summed E-state index contributed by atoms with van der Waals surface area (Å²) < 4.78 is 5.37. The molecule has 2 N–H and O–H groups in total. The van der Waals surface area contributed by atoms with Crippen molar-refractivity contribution in [1.82, 2.24) is 15.3 Å². The van der Waals surface area contributed by atoms with E-state index in [0.717, 1.165) is 22.8 Å². The molecule has 1 amide bonds. The fraction of sp³-hybridized carbons (Fsp3) is 0.444. The SMILES string of the molecule is Cc1nc([C@@H](Cc2ccccc2)NC(=O)OC(C)(C)C)[nH]c1C. The zero-order valence-corrected chi connectivity index (χ0v) is 14.4. The summed E-state index contributed by atoms with van der Waals surface area (Å²) in [6.45, 7) is 9.46. The molecule has 0 aliphatic rings. The number of aromatic amines is 1. The molecular weight excluding hydrogens is 290 g/mol. The maximum Gasteiger partial charge on any atom is 0.408 e. The Morgan fingerprint density at radius 1 is 1.26 bits per heavy atom. The van der Waals surface area contributed by atoms with Gasteiger partial charge in [-0.3, -0.25) is 0 Å². The zero-order chi connectivity index (χ0) is 17.0. The summed E-state index contributed by atoms with van der Waals surface area (Å²) in [5.41, 5.74) is 2.53. The van der Waals surface area contributed by atoms with E-state index in [1.165, 1.54) is 0 Å². The third-order valence-electron chi connectivity index (χ3n) is 3.45. The first-order chi connectivity index (χ1) is 10.7. The van der Waals surface area contributed by atoms with Crippen LogP contribution in [0.15, 0.2) is 30.3 Å². The number of hydrogen-bond acceptors (Lipinski definition) is 3. The number of benzene rings is 1. The van der Waals surface area contributed by atoms with Crippen LogP contribution in [0.5, 0.6) is 0 Å². The molecule has 1 aromatic carbocycles. The number of aromatic nitrogens is 2. The number of aryl methyl sites for hydroxylation is 2. The molecule has 0 fully saturated rings. The van der Waals surface area contributed by atoms with Crippen molar-refractivity contribution in [3.8, 4) is 0 Å². The second kappa shape index (κ2) is 6.86. The van der Waals surface area contributed by atoms with Crippen molar-refractivity contribution >= 4 is 6.09 Å². The van der Waals surface area contributed by atoms with E-state index in [1.54, 1.807) is 0 Å². The van der Waals surface area contributed by atoms with E-state index in [9.17, 15) is 4.79 Å². The van der Waals surface area contributed by atoms with Crippen LogP contribution in [0.25, 0.3) is 0 Å². The Labute approximate surface area is 137 Å². The third kappa shape index (κ3) is 5.13. The van der Waals surface area contributed by atoms with Crippen molar-refractivity contribution < 1.29 is 9.53 Å². The predicted molar refractivity (Wildman–Crippen MR) is 90.3 cm³/mol. The van der Waals surface area contributed by atoms with Crippen LogP contribution >= 0.6 is 0 Å². The third-order valence-corrected chi connectivity index (χ3v) is 3.45. The predicted octanol–water partition coefficient (Wildman–Crippen LogP) is 3.84. The van der Waals surface area contributed by atoms with Gasteiger partial charge in [0.2, 0.25) is 0 Å². The Kier molecular flexibility index (Phi) is 5.08. The number of imidazole rings is 1. The maximum absolute atomic E-state index is 12.1. The van der Waals surface area contributed by atoms with Gasteiger partial charge in [0.05, 0.1) is 11.7 Å². The number of alkyl carbamates (subject to hydrolysis) is 1. The number of amides is 1. The summed E-state index contributed by atoms with van der Waals surface area (Å²) in [4.78, 5) is 19.9. The van der Waals surface area contributed by atoms with E-state index in [0.29, 0.717) is 6.42 Å². The summed E-state index contributed by atoms with van der Waals surface area (Å²) in [6, 6.07) is 9.75. The zero-order valence-electron chi connectivity index (χ0n) is 14.4. The van der Waals surface area contributed by atoms with Crippen LogP contribution in [0.4, 0.5) is 4.79 Å². The molecule has 1 heterocycles. The molecule has 0 aliphatic heterocycles. The lowest BCUT2D eigenvalue weighted by Crippen LogP contribution is -2.36. The number of ether oxygens (including phenoxy) is 1. The fourth-order valence-corrected chi connectivity index (χ4v) is 2.26. The standard InChI is InChI=1S/C18H25N3O2/c1-12-13(2)20-16(19-12)15(11-14-9-7-6-8-10-14)21-17(22)23-18(3,4)5/h6-10,15H,11H2,1-5H3,(H,19,20)(H,21,22)/t15-/m1/s1. The van der Waals surface area contributed by atoms with Crippen LogP contribution in [0.1, 0.15) is 49.6 Å². The maximum atomic E-state index is 12.1. The van der Waals surface area contributed by atoms with Crippen LogP contribution in [0, 0.1) is 13.8 Å². The summed E-state index contributed by atoms with van der Waals surface area (Å²) >= 11 is 0. The molecule has 0 unspecified atom stereocenters. The Morgan fingerprint density at radius 3 is 2.43 bits per heavy atom. The first-order valence-electron chi connectivity index (χ1n) is 7.81. The van der Waals surface area contributed by atoms with Crippen molar-refractivity contribution in [2.75, 3.05) is 0 Å². The van der Waals surface area contributed by atoms with E-state index in [1.807, 2.05) is 65.0 Å². The molecule has 5 nitrogen and oxygen atoms in total. The normalized spacial score (nSPS) is 12.7. The van der Waals surface area contributed by atoms with Crippen LogP contribution in [-0.4, -0.2) is 21.7 Å². The van der Waals surface area contributed by atoms with Crippen molar-refractivity contribution in [2.24, 2.45) is 0 Å². The van der Waals surface area contributed by atoms with E-state index in [2.05, 4.69) is 15.3 Å². The number of H-pyrrole nitrogens is 1. The highest BCUT2D eigenvalue weighted by atomic mass is 16.6. The number of hydrogen-bond donors (Lipinski definition) is 2. The largest absolute Gasteiger partial charge is 0.444 e. The smallest absolute Gasteiger partial charge is 0.408 e. The molecule has 0 saturated carbocycles. The highest BCUT2D eigenvalue weighted by Crippen LogP contribution is 2.18. The number of carbonyl (C=O) groups is 1. The number of nitrogens with zero attached hydrogens (tertiary/aromatic N) is 1. The molecule has 0 spiro atoms. The first-order valence-corrected chi connectivity index (χ1v) is 7.81. The molecule has 124 valence electrons. The minimum Gasteiger partial charge on any atom is -0.444 e. The second-order valence-corrected chi connectivity index (χ2v) is 6.72. The van der Waals surface area contributed by atoms with E-state index >= 15 is 0 Å². The van der Waals surface area contributed by atoms with Gasteiger partial charge in [-0.15, -0.1) is 0 Å². The van der Waals surface area contributed by atoms with Crippen molar-refractivity contribution in [3.63, 3.8) is 0 Å². The Bertz CT molecular complexity index is 637. The molecule has 23 heavy (non-hydrogen) atoms. The molecule has 0 saturated heterocycles. The van der Waals surface area contributed by atoms with Crippen LogP contribution in [0.2, 0.25) is 0 Å². The lowest BCUT2D eigenvalue weighted by molar-refractivity contribution is 0.0501. The Hall–Kier alpha value is -2.30. The highest BCUT2D eigenvalue weighted by molar-refractivity contribution is 5.68. The summed E-state index contributed by atoms with van der Waals surface area (Å²) in [5.74, 6) is 0.745. The highest BCUT2D eigenvalue weighted by Gasteiger charge is 2.23. The van der Waals surface area contributed by atoms with Gasteiger partial charge in [0.15, 0.2) is 0 Å². The summed E-state index contributed by atoms with van der Waals surface area (Å²) in [6.07, 6.45) is 0.206. The topological polar surface area (TPSA) is 67.0 Å². The molecule has 0 bridgehead atoms. The molecule has 0 aliphatic carbocycles. The fourth-order valence-electron chi connectivity index (χ4n) is 2.26. The van der Waals surface area contributed by atoms with E-state index < -0.39 is 11.7 Å². The Balaban J connectivity index is 2.19. The lowest BCUT2D eigenvalue weighted by atomic mass is 10.1. The molecular formula is C18H25N3O2. The average Bonchev–Trinajstić information content (AvgIpc) is 2.77. The van der Waals surface area contributed by atoms with Gasteiger partial charge in [-0.1, -0.05) is 30.3 Å². The van der Waals surface area contributed by atoms with Gasteiger partial charge >= 0.3 is 6.09 Å². The van der Waals surface area contributed by atoms with Crippen molar-refractivity contribution in [3.05, 3.63) is 53.1 Å². The summed E-state index contributed by atoms with van der Waals surface area (Å²) in [7, 11) is 0. The van der Waals surface area contributed by atoms with Gasteiger partial charge in [0.25, 0.3) is 0 Å². The van der Waals surface area contributed by atoms with Crippen LogP contribution < -0.4 is 5.32 Å². The van der Waals surface area contributed by atoms with Gasteiger partial charge < -0.3 is 15.0 Å². The molecule has 0 radical (unpaired) electrons. The average molecular weight is 315 g/mol. The van der Waals surface area contributed by atoms with Gasteiger partial charge in [-0.2, -0.15) is 0 Å². The van der Waals surface area contributed by atoms with Gasteiger partial charge in [0.1, 0.15) is 11.4 Å². The first kappa shape index (κ1) is 17.1. The molecule has 5 heteroatoms. The number of rotatable bonds is 4. The van der Waals surface area contributed by atoms with Gasteiger partial charge in [-0.05, 0) is 40.2 Å². The Morgan fingerprint density at radius 2 is 1.91 bits per heavy atom. The number of nitrogens with one attached hydrogen (secondary N) is 2. The monoisotopic (exact) mass is 315 g/mol. The second-order valence-electron chi connectivity index (χ2n) is 6.72. The molecule has 1 atom stereocenters. The van der Waals surface area contributed by atoms with E-state index in [-0.39, 0.29) is 6.04 Å². The minimum absolute atomic E-state index is 0.264. The van der Waals surface area contributed by atoms with Gasteiger partial charge in [-0.25, -0.2) is 9.78 Å². The molecule has 2 rings (SSSR count). The molecule has 1 aromatic heterocycles. The number of carbonyl (C=O) groups excluding carboxylic acids is 1. The lowest BCUT2D eigenvalue weighted by Gasteiger charge is -2.23. The summed E-state index contributed by atoms with van der Waals surface area (Å²) in [5, 5.41) is 2.92. The van der Waals surface area contributed by atoms with E-state index in [4.69, 9.17) is 4.74 Å². The van der Waals surface area contributed by atoms with Crippen LogP contribution in [-0.2, 0) is 11.2 Å². The van der Waals surface area contributed by atoms with Gasteiger partial charge in [0, 0.05) is 12.1 Å².